The zero-order valence-electron chi connectivity index (χ0n) is 75.2. The van der Waals surface area contributed by atoms with Gasteiger partial charge in [-0.25, -0.2) is 0 Å². The minimum atomic E-state index is -0.205. The van der Waals surface area contributed by atoms with Gasteiger partial charge in [-0.1, -0.05) is 158 Å². The van der Waals surface area contributed by atoms with Crippen molar-refractivity contribution in [1.82, 2.24) is 84.6 Å². The van der Waals surface area contributed by atoms with Gasteiger partial charge in [0.25, 0.3) is 23.6 Å². The standard InChI is InChI=1S/C27H29N5O2.C27H28N4O3.C25H28N4O5.C24H28N4O3/c33-25(15-19-8-9-19)30-14-11-24-23(18-30)26(29-32(24)17-22-7-3-4-12-28-22)27(34)31-13-10-20-5-1-2-6-21(20)16-31;32-15-14-31-24-12-13-30(18-21-9-4-5-10-22(21)25-11-6-16-34-25)19-23(24)26(29-31)27(33)28-17-20-7-2-1-3-8-20;1-32-21-11-18(12-22-24(21)34-16-33-22)14-28-8-7-20-19(15-28)23(27-29(20)9-10-30)25(31)26-13-17-5-3-2-4-6-17;1-31-20-9-5-8-19(14-20)16-27-11-10-22-21(17-27)23(26-28(22)12-13-29)24(30)25-15-18-6-3-2-4-7-18/h1-7,12,19H,8-11,13-18H2;1-11,16,32H,12-15,17-19H2,(H,28,33);2-6,11-12,30H,7-10,13-16H2,1H3,(H,26,31);2-9,14,29H,10-13,15-17H2,1H3,(H,25,30). The van der Waals surface area contributed by atoms with Crippen molar-refractivity contribution in [3.8, 4) is 34.3 Å². The number of aliphatic hydroxyl groups excluding tert-OH is 3. The number of pyridine rings is 1. The number of benzene rings is 7. The number of rotatable bonds is 29. The number of carbonyl (C=O) groups is 5. The van der Waals surface area contributed by atoms with E-state index in [0.717, 1.165) is 161 Å². The number of methoxy groups -OCH3 is 2. The summed E-state index contributed by atoms with van der Waals surface area (Å²) < 4.78 is 34.8. The van der Waals surface area contributed by atoms with Gasteiger partial charge in [0.2, 0.25) is 18.4 Å². The summed E-state index contributed by atoms with van der Waals surface area (Å²) in [5.74, 6) is 3.81. The maximum absolute atomic E-state index is 13.7. The minimum absolute atomic E-state index is 0.00722. The van der Waals surface area contributed by atoms with Crippen LogP contribution in [0.25, 0.3) is 11.3 Å². The van der Waals surface area contributed by atoms with E-state index in [4.69, 9.17) is 28.5 Å². The summed E-state index contributed by atoms with van der Waals surface area (Å²) in [6.45, 7) is 12.1. The highest BCUT2D eigenvalue weighted by molar-refractivity contribution is 5.96. The van der Waals surface area contributed by atoms with Crippen LogP contribution in [0.1, 0.15) is 156 Å². The van der Waals surface area contributed by atoms with Crippen LogP contribution >= 0.6 is 0 Å². The molecule has 133 heavy (non-hydrogen) atoms. The fourth-order valence-corrected chi connectivity index (χ4v) is 18.3. The lowest BCUT2D eigenvalue weighted by Crippen LogP contribution is -2.39. The van der Waals surface area contributed by atoms with Crippen molar-refractivity contribution in [2.45, 2.75) is 150 Å². The molecule has 0 bridgehead atoms. The number of aliphatic hydroxyl groups is 3. The summed E-state index contributed by atoms with van der Waals surface area (Å²) in [7, 11) is 3.28. The molecule has 0 unspecified atom stereocenters. The summed E-state index contributed by atoms with van der Waals surface area (Å²) in [6, 6.07) is 67.7. The number of furan rings is 1. The molecule has 7 aliphatic rings. The highest BCUT2D eigenvalue weighted by Gasteiger charge is 2.37. The van der Waals surface area contributed by atoms with Gasteiger partial charge in [0.15, 0.2) is 34.3 Å². The molecular formula is C103H113N17O13. The van der Waals surface area contributed by atoms with Gasteiger partial charge in [-0.05, 0) is 118 Å². The minimum Gasteiger partial charge on any atom is -0.497 e. The summed E-state index contributed by atoms with van der Waals surface area (Å²) >= 11 is 0. The van der Waals surface area contributed by atoms with Crippen molar-refractivity contribution in [2.75, 3.05) is 73.6 Å². The zero-order chi connectivity index (χ0) is 91.5. The smallest absolute Gasteiger partial charge is 0.275 e. The van der Waals surface area contributed by atoms with E-state index in [-0.39, 0.29) is 56.1 Å². The molecule has 7 aromatic carbocycles. The topological polar surface area (TPSA) is 333 Å². The molecule has 12 heterocycles. The summed E-state index contributed by atoms with van der Waals surface area (Å²) in [5, 5.41) is 56.0. The van der Waals surface area contributed by atoms with Crippen LogP contribution in [-0.4, -0.2) is 187 Å². The Morgan fingerprint density at radius 2 is 0.940 bits per heavy atom. The van der Waals surface area contributed by atoms with Crippen molar-refractivity contribution < 1.29 is 62.7 Å². The second-order valence-corrected chi connectivity index (χ2v) is 34.3. The number of amides is 5. The van der Waals surface area contributed by atoms with Gasteiger partial charge in [-0.2, -0.15) is 20.4 Å². The number of nitrogens with zero attached hydrogens (tertiary/aromatic N) is 14. The number of aromatic nitrogens is 9. The Morgan fingerprint density at radius 3 is 1.48 bits per heavy atom. The molecule has 1 saturated carbocycles. The molecule has 13 aromatic rings. The Morgan fingerprint density at radius 1 is 0.436 bits per heavy atom. The van der Waals surface area contributed by atoms with Crippen molar-refractivity contribution in [3.63, 3.8) is 0 Å². The third-order valence-corrected chi connectivity index (χ3v) is 25.3. The molecule has 0 atom stereocenters. The molecule has 30 heteroatoms. The Labute approximate surface area is 772 Å². The summed E-state index contributed by atoms with van der Waals surface area (Å²) in [6.07, 6.45) is 10.3. The first-order chi connectivity index (χ1) is 65.2. The van der Waals surface area contributed by atoms with Crippen LogP contribution in [0.4, 0.5) is 0 Å². The van der Waals surface area contributed by atoms with Gasteiger partial charge in [0, 0.05) is 194 Å². The van der Waals surface area contributed by atoms with E-state index in [0.29, 0.717) is 157 Å². The fourth-order valence-electron chi connectivity index (χ4n) is 18.3. The van der Waals surface area contributed by atoms with Gasteiger partial charge in [0.05, 0.1) is 72.2 Å². The molecule has 0 saturated heterocycles. The molecule has 5 amide bonds. The number of hydrogen-bond acceptors (Lipinski definition) is 21. The van der Waals surface area contributed by atoms with Crippen LogP contribution in [0, 0.1) is 5.92 Å². The molecule has 0 spiro atoms. The molecule has 1 fully saturated rings. The predicted molar refractivity (Wildman–Crippen MR) is 497 cm³/mol. The average Bonchev–Trinajstić information content (AvgIpc) is 1.62. The quantitative estimate of drug-likeness (QED) is 0.0254. The number of fused-ring (bicyclic) bond motifs is 6. The van der Waals surface area contributed by atoms with Gasteiger partial charge in [0.1, 0.15) is 11.5 Å². The Balaban J connectivity index is 0.000000124. The van der Waals surface area contributed by atoms with E-state index in [9.17, 15) is 39.3 Å². The lowest BCUT2D eigenvalue weighted by atomic mass is 9.98. The molecule has 6 aromatic heterocycles. The third-order valence-electron chi connectivity index (χ3n) is 25.3. The molecule has 688 valence electrons. The molecule has 6 N–H and O–H groups in total. The van der Waals surface area contributed by atoms with E-state index < -0.39 is 0 Å². The zero-order valence-corrected chi connectivity index (χ0v) is 75.2. The SMILES string of the molecule is COc1cc(CN2CCc3c(c(C(=O)NCc4ccccc4)nn3CCO)C2)cc2c1OCO2.COc1cccc(CN2CCc3c(c(C(=O)NCc4ccccc4)nn3CCO)C2)c1.O=C(CC1CC1)N1CCc2c(c(C(=O)N3CCc4ccccc4C3)nn2Cc2ccccn2)C1.O=C(NCc1ccccc1)c1nn(CCO)c2c1CN(Cc1ccccc1-c1ccco1)CC2. The molecule has 30 nitrogen and oxygen atoms in total. The highest BCUT2D eigenvalue weighted by Crippen LogP contribution is 2.43. The molecular weight excluding hydrogens is 1680 g/mol. The maximum Gasteiger partial charge on any atom is 0.275 e. The first-order valence-electron chi connectivity index (χ1n) is 45.8. The van der Waals surface area contributed by atoms with Gasteiger partial charge >= 0.3 is 0 Å². The Hall–Kier alpha value is -13.9. The van der Waals surface area contributed by atoms with Crippen molar-refractivity contribution in [1.29, 1.82) is 0 Å². The molecule has 20 rings (SSSR count). The van der Waals surface area contributed by atoms with E-state index in [1.807, 2.05) is 184 Å². The number of ether oxygens (including phenoxy) is 4. The average molecular weight is 1800 g/mol. The first-order valence-corrected chi connectivity index (χ1v) is 45.8. The highest BCUT2D eigenvalue weighted by atomic mass is 16.7. The van der Waals surface area contributed by atoms with Gasteiger partial charge < -0.3 is 64.4 Å². The summed E-state index contributed by atoms with van der Waals surface area (Å²) in [4.78, 5) is 81.0. The van der Waals surface area contributed by atoms with E-state index in [1.165, 1.54) is 22.3 Å². The van der Waals surface area contributed by atoms with Gasteiger partial charge in [-0.15, -0.1) is 0 Å². The monoisotopic (exact) mass is 1800 g/mol. The Bertz CT molecular complexity index is 6180. The normalized spacial score (nSPS) is 14.8. The van der Waals surface area contributed by atoms with Crippen molar-refractivity contribution >= 4 is 29.5 Å². The Kier molecular flexibility index (Phi) is 29.7. The van der Waals surface area contributed by atoms with E-state index >= 15 is 0 Å². The van der Waals surface area contributed by atoms with E-state index in [2.05, 4.69) is 87.3 Å². The lowest BCUT2D eigenvalue weighted by molar-refractivity contribution is -0.132. The molecule has 1 aliphatic carbocycles. The van der Waals surface area contributed by atoms with Crippen LogP contribution in [-0.2, 0) is 135 Å². The number of carbonyl (C=O) groups excluding carboxylic acids is 5. The molecule has 0 radical (unpaired) electrons. The van der Waals surface area contributed by atoms with Crippen LogP contribution in [0.2, 0.25) is 0 Å². The van der Waals surface area contributed by atoms with Crippen LogP contribution in [0.5, 0.6) is 23.0 Å². The largest absolute Gasteiger partial charge is 0.497 e. The second-order valence-electron chi connectivity index (χ2n) is 34.3. The maximum atomic E-state index is 13.7. The first kappa shape index (κ1) is 91.0. The second kappa shape index (κ2) is 43.4. The number of hydrogen-bond donors (Lipinski definition) is 6. The summed E-state index contributed by atoms with van der Waals surface area (Å²) in [5.41, 5.74) is 20.7. The van der Waals surface area contributed by atoms with E-state index in [1.54, 1.807) is 40.7 Å². The molecule has 6 aliphatic heterocycles. The predicted octanol–water partition coefficient (Wildman–Crippen LogP) is 11.3. The lowest BCUT2D eigenvalue weighted by Gasteiger charge is -2.30. The van der Waals surface area contributed by atoms with Crippen LogP contribution in [0.15, 0.2) is 223 Å². The van der Waals surface area contributed by atoms with Crippen molar-refractivity contribution in [3.05, 3.63) is 337 Å². The van der Waals surface area contributed by atoms with Gasteiger partial charge in [-0.3, -0.25) is 62.4 Å². The third kappa shape index (κ3) is 22.3. The number of nitrogens with one attached hydrogen (secondary N) is 3. The van der Waals surface area contributed by atoms with Crippen LogP contribution in [0.3, 0.4) is 0 Å². The van der Waals surface area contributed by atoms with Crippen molar-refractivity contribution in [2.24, 2.45) is 5.92 Å². The van der Waals surface area contributed by atoms with Crippen LogP contribution < -0.4 is 34.9 Å². The fraction of sp³-hybridized carbons (Fsp3) is 0.340.